The number of aromatic nitrogens is 2. The molecule has 1 aliphatic carbocycles. The van der Waals surface area contributed by atoms with Crippen LogP contribution < -0.4 is 5.32 Å². The molecule has 3 atom stereocenters. The van der Waals surface area contributed by atoms with Gasteiger partial charge in [0.2, 0.25) is 0 Å². The van der Waals surface area contributed by atoms with Crippen molar-refractivity contribution >= 4 is 11.6 Å². The van der Waals surface area contributed by atoms with Crippen LogP contribution in [-0.2, 0) is 0 Å². The van der Waals surface area contributed by atoms with Gasteiger partial charge in [-0.15, -0.1) is 0 Å². The predicted molar refractivity (Wildman–Crippen MR) is 85.4 cm³/mol. The fourth-order valence-electron chi connectivity index (χ4n) is 3.46. The molecule has 114 valence electrons. The summed E-state index contributed by atoms with van der Waals surface area (Å²) in [6.07, 6.45) is 5.67. The van der Waals surface area contributed by atoms with E-state index in [2.05, 4.69) is 42.8 Å². The summed E-state index contributed by atoms with van der Waals surface area (Å²) in [5.41, 5.74) is 1.26. The molecule has 4 heteroatoms. The van der Waals surface area contributed by atoms with E-state index >= 15 is 0 Å². The Morgan fingerprint density at radius 1 is 1.45 bits per heavy atom. The van der Waals surface area contributed by atoms with E-state index in [0.29, 0.717) is 17.9 Å². The molecule has 0 radical (unpaired) electrons. The number of nitrogens with one attached hydrogen (secondary N) is 1. The summed E-state index contributed by atoms with van der Waals surface area (Å²) in [6.45, 7) is 11.0. The molecule has 1 saturated carbocycles. The van der Waals surface area contributed by atoms with E-state index < -0.39 is 0 Å². The van der Waals surface area contributed by atoms with Gasteiger partial charge in [-0.3, -0.25) is 4.68 Å². The first kappa shape index (κ1) is 15.8. The molecule has 0 aromatic carbocycles. The zero-order valence-electron chi connectivity index (χ0n) is 13.2. The topological polar surface area (TPSA) is 29.9 Å². The van der Waals surface area contributed by atoms with E-state index in [0.717, 1.165) is 24.0 Å². The van der Waals surface area contributed by atoms with Crippen LogP contribution in [0.3, 0.4) is 0 Å². The normalized spacial score (nSPS) is 27.2. The maximum Gasteiger partial charge on any atom is 0.0820 e. The highest BCUT2D eigenvalue weighted by Gasteiger charge is 2.33. The smallest absolute Gasteiger partial charge is 0.0820 e. The van der Waals surface area contributed by atoms with Crippen LogP contribution in [0.4, 0.5) is 0 Å². The molecule has 0 bridgehead atoms. The monoisotopic (exact) mass is 297 g/mol. The van der Waals surface area contributed by atoms with Gasteiger partial charge in [0.15, 0.2) is 0 Å². The molecule has 1 heterocycles. The summed E-state index contributed by atoms with van der Waals surface area (Å²) in [5.74, 6) is 2.00. The SMILES string of the molecule is CCNCC1CCC(C)CC1c1c(Cl)cnn1C(C)C. The standard InChI is InChI=1S/C16H28ClN3/c1-5-18-9-13-7-6-12(4)8-14(13)16-15(17)10-19-20(16)11(2)3/h10-14,18H,5-9H2,1-4H3. The van der Waals surface area contributed by atoms with Crippen molar-refractivity contribution in [1.29, 1.82) is 0 Å². The van der Waals surface area contributed by atoms with Crippen molar-refractivity contribution in [3.05, 3.63) is 16.9 Å². The van der Waals surface area contributed by atoms with Gasteiger partial charge in [0.05, 0.1) is 16.9 Å². The zero-order valence-corrected chi connectivity index (χ0v) is 14.0. The minimum atomic E-state index is 0.370. The Morgan fingerprint density at radius 2 is 2.20 bits per heavy atom. The average molecular weight is 298 g/mol. The maximum atomic E-state index is 6.47. The Balaban J connectivity index is 2.27. The largest absolute Gasteiger partial charge is 0.317 e. The van der Waals surface area contributed by atoms with Crippen LogP contribution in [0.25, 0.3) is 0 Å². The van der Waals surface area contributed by atoms with Gasteiger partial charge in [-0.1, -0.05) is 31.9 Å². The van der Waals surface area contributed by atoms with Crippen molar-refractivity contribution in [2.45, 2.75) is 58.9 Å². The molecular formula is C16H28ClN3. The third-order valence-corrected chi connectivity index (χ3v) is 4.83. The highest BCUT2D eigenvalue weighted by Crippen LogP contribution is 2.43. The van der Waals surface area contributed by atoms with Crippen molar-refractivity contribution in [1.82, 2.24) is 15.1 Å². The van der Waals surface area contributed by atoms with Crippen LogP contribution in [0.5, 0.6) is 0 Å². The van der Waals surface area contributed by atoms with Crippen LogP contribution in [-0.4, -0.2) is 22.9 Å². The Kier molecular flexibility index (Phi) is 5.50. The zero-order chi connectivity index (χ0) is 14.7. The fourth-order valence-corrected chi connectivity index (χ4v) is 3.73. The minimum absolute atomic E-state index is 0.370. The van der Waals surface area contributed by atoms with E-state index in [1.54, 1.807) is 0 Å². The molecular weight excluding hydrogens is 270 g/mol. The lowest BCUT2D eigenvalue weighted by Gasteiger charge is -2.36. The third kappa shape index (κ3) is 3.37. The van der Waals surface area contributed by atoms with Crippen LogP contribution in [0.1, 0.15) is 64.6 Å². The van der Waals surface area contributed by atoms with Crippen molar-refractivity contribution < 1.29 is 0 Å². The molecule has 2 rings (SSSR count). The average Bonchev–Trinajstić information content (AvgIpc) is 2.79. The highest BCUT2D eigenvalue weighted by molar-refractivity contribution is 6.31. The molecule has 1 fully saturated rings. The van der Waals surface area contributed by atoms with Crippen molar-refractivity contribution in [3.63, 3.8) is 0 Å². The van der Waals surface area contributed by atoms with Gasteiger partial charge >= 0.3 is 0 Å². The predicted octanol–water partition coefficient (Wildman–Crippen LogP) is 4.25. The van der Waals surface area contributed by atoms with Gasteiger partial charge in [-0.05, 0) is 51.6 Å². The number of rotatable bonds is 5. The fraction of sp³-hybridized carbons (Fsp3) is 0.812. The number of hydrogen-bond donors (Lipinski definition) is 1. The molecule has 1 aliphatic rings. The molecule has 0 amide bonds. The Labute approximate surface area is 128 Å². The first-order valence-corrected chi connectivity index (χ1v) is 8.36. The first-order valence-electron chi connectivity index (χ1n) is 7.98. The molecule has 0 spiro atoms. The van der Waals surface area contributed by atoms with Crippen molar-refractivity contribution in [3.8, 4) is 0 Å². The lowest BCUT2D eigenvalue weighted by Crippen LogP contribution is -2.33. The third-order valence-electron chi connectivity index (χ3n) is 4.54. The molecule has 0 aliphatic heterocycles. The minimum Gasteiger partial charge on any atom is -0.317 e. The van der Waals surface area contributed by atoms with Gasteiger partial charge in [-0.25, -0.2) is 0 Å². The summed E-state index contributed by atoms with van der Waals surface area (Å²) in [5, 5.41) is 8.86. The van der Waals surface area contributed by atoms with E-state index in [9.17, 15) is 0 Å². The van der Waals surface area contributed by atoms with Crippen molar-refractivity contribution in [2.75, 3.05) is 13.1 Å². The van der Waals surface area contributed by atoms with E-state index in [1.807, 2.05) is 6.20 Å². The summed E-state index contributed by atoms with van der Waals surface area (Å²) in [4.78, 5) is 0. The number of nitrogens with zero attached hydrogens (tertiary/aromatic N) is 2. The molecule has 1 N–H and O–H groups in total. The molecule has 0 saturated heterocycles. The van der Waals surface area contributed by atoms with Crippen molar-refractivity contribution in [2.24, 2.45) is 11.8 Å². The molecule has 20 heavy (non-hydrogen) atoms. The van der Waals surface area contributed by atoms with Gasteiger partial charge in [0.25, 0.3) is 0 Å². The summed E-state index contributed by atoms with van der Waals surface area (Å²) in [7, 11) is 0. The first-order chi connectivity index (χ1) is 9.54. The van der Waals surface area contributed by atoms with Crippen LogP contribution in [0.15, 0.2) is 6.20 Å². The number of hydrogen-bond acceptors (Lipinski definition) is 2. The molecule has 3 unspecified atom stereocenters. The van der Waals surface area contributed by atoms with E-state index in [4.69, 9.17) is 11.6 Å². The Bertz CT molecular complexity index is 425. The van der Waals surface area contributed by atoms with Crippen LogP contribution in [0, 0.1) is 11.8 Å². The summed E-state index contributed by atoms with van der Waals surface area (Å²) in [6, 6.07) is 0.370. The second-order valence-electron chi connectivity index (χ2n) is 6.51. The van der Waals surface area contributed by atoms with Crippen LogP contribution >= 0.6 is 11.6 Å². The molecule has 3 nitrogen and oxygen atoms in total. The van der Waals surface area contributed by atoms with Gasteiger partial charge < -0.3 is 5.32 Å². The second kappa shape index (κ2) is 6.95. The van der Waals surface area contributed by atoms with Crippen LogP contribution in [0.2, 0.25) is 5.02 Å². The van der Waals surface area contributed by atoms with Gasteiger partial charge in [-0.2, -0.15) is 5.10 Å². The maximum absolute atomic E-state index is 6.47. The van der Waals surface area contributed by atoms with E-state index in [1.165, 1.54) is 25.0 Å². The second-order valence-corrected chi connectivity index (χ2v) is 6.92. The molecule has 1 aromatic heterocycles. The summed E-state index contributed by atoms with van der Waals surface area (Å²) < 4.78 is 2.13. The quantitative estimate of drug-likeness (QED) is 0.880. The summed E-state index contributed by atoms with van der Waals surface area (Å²) >= 11 is 6.47. The Morgan fingerprint density at radius 3 is 2.85 bits per heavy atom. The highest BCUT2D eigenvalue weighted by atomic mass is 35.5. The van der Waals surface area contributed by atoms with E-state index in [-0.39, 0.29) is 0 Å². The van der Waals surface area contributed by atoms with Gasteiger partial charge in [0, 0.05) is 12.0 Å². The Hall–Kier alpha value is -0.540. The lowest BCUT2D eigenvalue weighted by molar-refractivity contribution is 0.231. The van der Waals surface area contributed by atoms with Gasteiger partial charge in [0.1, 0.15) is 0 Å². The number of halogens is 1. The molecule has 1 aromatic rings. The lowest BCUT2D eigenvalue weighted by atomic mass is 9.73.